The highest BCUT2D eigenvalue weighted by molar-refractivity contribution is 6.31. The van der Waals surface area contributed by atoms with Crippen LogP contribution in [0.25, 0.3) is 0 Å². The van der Waals surface area contributed by atoms with Crippen molar-refractivity contribution in [3.63, 3.8) is 0 Å². The fourth-order valence-electron chi connectivity index (χ4n) is 4.13. The van der Waals surface area contributed by atoms with Crippen molar-refractivity contribution in [2.24, 2.45) is 5.41 Å². The Balaban J connectivity index is 1.74. The second kappa shape index (κ2) is 6.73. The van der Waals surface area contributed by atoms with Crippen LogP contribution in [0.2, 0.25) is 5.02 Å². The molecule has 0 bridgehead atoms. The van der Waals surface area contributed by atoms with E-state index in [9.17, 15) is 14.7 Å². The molecule has 2 atom stereocenters. The number of carboxylic acid groups (broad SMARTS) is 1. The molecule has 1 N–H and O–H groups in total. The molecule has 0 spiro atoms. The predicted octanol–water partition coefficient (Wildman–Crippen LogP) is 2.28. The molecule has 24 heavy (non-hydrogen) atoms. The van der Waals surface area contributed by atoms with E-state index in [1.54, 1.807) is 11.0 Å². The Bertz CT molecular complexity index is 651. The van der Waals surface area contributed by atoms with Crippen molar-refractivity contribution in [3.8, 4) is 0 Å². The summed E-state index contributed by atoms with van der Waals surface area (Å²) >= 11 is 6.15. The molecule has 2 heterocycles. The van der Waals surface area contributed by atoms with Gasteiger partial charge < -0.3 is 14.9 Å². The monoisotopic (exact) mass is 350 g/mol. The van der Waals surface area contributed by atoms with Crippen LogP contribution in [-0.2, 0) is 16.0 Å². The molecule has 1 amide bonds. The highest BCUT2D eigenvalue weighted by atomic mass is 35.5. The Morgan fingerprint density at radius 2 is 2.04 bits per heavy atom. The molecule has 0 saturated carbocycles. The minimum absolute atomic E-state index is 0.0149. The van der Waals surface area contributed by atoms with Gasteiger partial charge >= 0.3 is 5.97 Å². The summed E-state index contributed by atoms with van der Waals surface area (Å²) < 4.78 is 0. The number of carbonyl (C=O) groups is 2. The van der Waals surface area contributed by atoms with Gasteiger partial charge in [0.1, 0.15) is 0 Å². The minimum Gasteiger partial charge on any atom is -0.481 e. The third-order valence-electron chi connectivity index (χ3n) is 5.60. The zero-order chi connectivity index (χ0) is 17.3. The molecule has 0 aliphatic carbocycles. The number of rotatable bonds is 3. The summed E-state index contributed by atoms with van der Waals surface area (Å²) in [6, 6.07) is 7.24. The maximum Gasteiger partial charge on any atom is 0.311 e. The van der Waals surface area contributed by atoms with E-state index in [2.05, 4.69) is 4.90 Å². The van der Waals surface area contributed by atoms with Gasteiger partial charge in [-0.15, -0.1) is 0 Å². The number of carbonyl (C=O) groups excluding carboxylic acids is 1. The average molecular weight is 351 g/mol. The Hall–Kier alpha value is -1.59. The van der Waals surface area contributed by atoms with Crippen LogP contribution < -0.4 is 0 Å². The summed E-state index contributed by atoms with van der Waals surface area (Å²) in [6.45, 7) is 1.86. The lowest BCUT2D eigenvalue weighted by molar-refractivity contribution is -0.165. The van der Waals surface area contributed by atoms with Crippen LogP contribution in [0.1, 0.15) is 24.8 Å². The number of aliphatic carboxylic acids is 1. The van der Waals surface area contributed by atoms with E-state index in [4.69, 9.17) is 11.6 Å². The van der Waals surface area contributed by atoms with Crippen molar-refractivity contribution in [1.29, 1.82) is 0 Å². The Morgan fingerprint density at radius 3 is 2.75 bits per heavy atom. The van der Waals surface area contributed by atoms with Crippen LogP contribution in [-0.4, -0.2) is 59.5 Å². The Kier molecular flexibility index (Phi) is 4.83. The number of likely N-dealkylation sites (tertiary alicyclic amines) is 2. The average Bonchev–Trinajstić information content (AvgIpc) is 2.56. The molecule has 2 aliphatic heterocycles. The molecule has 0 aromatic heterocycles. The van der Waals surface area contributed by atoms with Gasteiger partial charge in [0.15, 0.2) is 0 Å². The first-order valence-electron chi connectivity index (χ1n) is 8.39. The molecule has 130 valence electrons. The number of hydrogen-bond donors (Lipinski definition) is 1. The fraction of sp³-hybridized carbons (Fsp3) is 0.556. The maximum absolute atomic E-state index is 12.7. The van der Waals surface area contributed by atoms with E-state index < -0.39 is 11.4 Å². The third-order valence-corrected chi connectivity index (χ3v) is 5.97. The largest absolute Gasteiger partial charge is 0.481 e. The van der Waals surface area contributed by atoms with E-state index in [1.807, 2.05) is 25.2 Å². The molecule has 6 heteroatoms. The number of nitrogens with zero attached hydrogens (tertiary/aromatic N) is 2. The Morgan fingerprint density at radius 1 is 1.29 bits per heavy atom. The fourth-order valence-corrected chi connectivity index (χ4v) is 4.33. The van der Waals surface area contributed by atoms with Crippen LogP contribution in [0.4, 0.5) is 0 Å². The van der Waals surface area contributed by atoms with Crippen LogP contribution in [0.3, 0.4) is 0 Å². The molecule has 1 aromatic rings. The number of amides is 1. The summed E-state index contributed by atoms with van der Waals surface area (Å²) in [6.07, 6.45) is 2.37. The standard InChI is InChI=1S/C18H23ClN2O3/c1-20-9-4-7-18(17(23)24)8-10-21(12-15(18)20)16(22)11-13-5-2-3-6-14(13)19/h2-3,5-6,15H,4,7-12H2,1H3,(H,23,24)/t15-,18-/m0/s1. The van der Waals surface area contributed by atoms with E-state index in [-0.39, 0.29) is 18.4 Å². The number of hydrogen-bond acceptors (Lipinski definition) is 3. The first-order valence-corrected chi connectivity index (χ1v) is 8.76. The summed E-state index contributed by atoms with van der Waals surface area (Å²) in [7, 11) is 1.96. The zero-order valence-electron chi connectivity index (χ0n) is 13.9. The van der Waals surface area contributed by atoms with Crippen molar-refractivity contribution in [2.45, 2.75) is 31.7 Å². The van der Waals surface area contributed by atoms with Crippen LogP contribution in [0.5, 0.6) is 0 Å². The van der Waals surface area contributed by atoms with Gasteiger partial charge in [0.05, 0.1) is 11.8 Å². The summed E-state index contributed by atoms with van der Waals surface area (Å²) in [5.74, 6) is -0.710. The van der Waals surface area contributed by atoms with Crippen LogP contribution in [0, 0.1) is 5.41 Å². The maximum atomic E-state index is 12.7. The third kappa shape index (κ3) is 3.03. The molecule has 1 aromatic carbocycles. The van der Waals surface area contributed by atoms with Crippen molar-refractivity contribution in [1.82, 2.24) is 9.80 Å². The smallest absolute Gasteiger partial charge is 0.311 e. The summed E-state index contributed by atoms with van der Waals surface area (Å²) in [5, 5.41) is 10.4. The first-order chi connectivity index (χ1) is 11.4. The van der Waals surface area contributed by atoms with E-state index in [0.29, 0.717) is 31.0 Å². The van der Waals surface area contributed by atoms with Crippen molar-refractivity contribution in [3.05, 3.63) is 34.9 Å². The zero-order valence-corrected chi connectivity index (χ0v) is 14.6. The predicted molar refractivity (Wildman–Crippen MR) is 92.1 cm³/mol. The van der Waals surface area contributed by atoms with Gasteiger partial charge in [-0.25, -0.2) is 0 Å². The van der Waals surface area contributed by atoms with Gasteiger partial charge in [-0.1, -0.05) is 29.8 Å². The summed E-state index contributed by atoms with van der Waals surface area (Å²) in [4.78, 5) is 28.5. The number of carboxylic acids is 1. The number of piperidine rings is 2. The number of likely N-dealkylation sites (N-methyl/N-ethyl adjacent to an activating group) is 1. The molecular formula is C18H23ClN2O3. The van der Waals surface area contributed by atoms with Gasteiger partial charge in [-0.05, 0) is 44.5 Å². The topological polar surface area (TPSA) is 60.9 Å². The second-order valence-corrected chi connectivity index (χ2v) is 7.33. The van der Waals surface area contributed by atoms with Gasteiger partial charge in [-0.3, -0.25) is 9.59 Å². The minimum atomic E-state index is -0.725. The molecule has 0 unspecified atom stereocenters. The Labute approximate surface area is 147 Å². The van der Waals surface area contributed by atoms with Crippen molar-refractivity contribution in [2.75, 3.05) is 26.7 Å². The molecular weight excluding hydrogens is 328 g/mol. The van der Waals surface area contributed by atoms with Gasteiger partial charge in [0.2, 0.25) is 5.91 Å². The summed E-state index contributed by atoms with van der Waals surface area (Å²) in [5.41, 5.74) is 0.102. The lowest BCUT2D eigenvalue weighted by Gasteiger charge is -2.51. The van der Waals surface area contributed by atoms with Gasteiger partial charge in [0.25, 0.3) is 0 Å². The van der Waals surface area contributed by atoms with Crippen molar-refractivity contribution < 1.29 is 14.7 Å². The first kappa shape index (κ1) is 17.2. The van der Waals surface area contributed by atoms with Gasteiger partial charge in [0, 0.05) is 24.2 Å². The normalized spacial score (nSPS) is 27.6. The molecule has 5 nitrogen and oxygen atoms in total. The quantitative estimate of drug-likeness (QED) is 0.908. The van der Waals surface area contributed by atoms with Crippen LogP contribution >= 0.6 is 11.6 Å². The lowest BCUT2D eigenvalue weighted by Crippen LogP contribution is -2.63. The molecule has 3 rings (SSSR count). The van der Waals surface area contributed by atoms with Crippen molar-refractivity contribution >= 4 is 23.5 Å². The number of fused-ring (bicyclic) bond motifs is 1. The van der Waals surface area contributed by atoms with E-state index in [1.165, 1.54) is 0 Å². The molecule has 2 fully saturated rings. The molecule has 2 aliphatic rings. The van der Waals surface area contributed by atoms with E-state index in [0.717, 1.165) is 18.5 Å². The second-order valence-electron chi connectivity index (χ2n) is 6.92. The highest BCUT2D eigenvalue weighted by Gasteiger charge is 2.52. The highest BCUT2D eigenvalue weighted by Crippen LogP contribution is 2.42. The molecule has 2 saturated heterocycles. The van der Waals surface area contributed by atoms with E-state index >= 15 is 0 Å². The van der Waals surface area contributed by atoms with Gasteiger partial charge in [-0.2, -0.15) is 0 Å². The number of benzene rings is 1. The number of halogens is 1. The van der Waals surface area contributed by atoms with Crippen LogP contribution in [0.15, 0.2) is 24.3 Å². The molecule has 0 radical (unpaired) electrons. The SMILES string of the molecule is CN1CCC[C@]2(C(=O)O)CCN(C(=O)Cc3ccccc3Cl)C[C@H]12. The lowest BCUT2D eigenvalue weighted by atomic mass is 9.68.